The van der Waals surface area contributed by atoms with Crippen LogP contribution in [-0.2, 0) is 4.79 Å². The third-order valence-electron chi connectivity index (χ3n) is 3.79. The van der Waals surface area contributed by atoms with Crippen LogP contribution in [0.5, 0.6) is 0 Å². The van der Waals surface area contributed by atoms with Gasteiger partial charge in [-0.2, -0.15) is 0 Å². The molecule has 0 spiro atoms. The molecular weight excluding hydrogens is 228 g/mol. The predicted octanol–water partition coefficient (Wildman–Crippen LogP) is 3.07. The van der Waals surface area contributed by atoms with E-state index in [0.717, 1.165) is 24.5 Å². The minimum Gasteiger partial charge on any atom is -0.478 e. The minimum absolute atomic E-state index is 0.244. The third kappa shape index (κ3) is 2.91. The molecule has 0 aromatic rings. The summed E-state index contributed by atoms with van der Waals surface area (Å²) in [5.41, 5.74) is 0.299. The second kappa shape index (κ2) is 5.11. The van der Waals surface area contributed by atoms with Crippen molar-refractivity contribution in [2.75, 3.05) is 0 Å². The van der Waals surface area contributed by atoms with Gasteiger partial charge in [0.05, 0.1) is 0 Å². The van der Waals surface area contributed by atoms with Gasteiger partial charge in [0, 0.05) is 11.5 Å². The van der Waals surface area contributed by atoms with Crippen molar-refractivity contribution in [2.24, 2.45) is 5.41 Å². The van der Waals surface area contributed by atoms with Gasteiger partial charge in [-0.05, 0) is 43.9 Å². The molecule has 0 aromatic carbocycles. The number of carbonyl (C=O) groups is 1. The van der Waals surface area contributed by atoms with Gasteiger partial charge in [0.1, 0.15) is 5.60 Å². The van der Waals surface area contributed by atoms with Crippen molar-refractivity contribution in [3.05, 3.63) is 35.5 Å². The molecule has 0 radical (unpaired) electrons. The highest BCUT2D eigenvalue weighted by Crippen LogP contribution is 2.45. The fourth-order valence-electron chi connectivity index (χ4n) is 2.38. The molecule has 0 saturated carbocycles. The predicted molar refractivity (Wildman–Crippen MR) is 72.3 cm³/mol. The first-order chi connectivity index (χ1) is 8.19. The van der Waals surface area contributed by atoms with E-state index in [9.17, 15) is 9.90 Å². The quantitative estimate of drug-likeness (QED) is 0.460. The van der Waals surface area contributed by atoms with Crippen LogP contribution in [-0.4, -0.2) is 21.8 Å². The molecule has 0 aromatic heterocycles. The lowest BCUT2D eigenvalue weighted by molar-refractivity contribution is -0.131. The Labute approximate surface area is 109 Å². The van der Waals surface area contributed by atoms with Crippen LogP contribution in [0.4, 0.5) is 0 Å². The molecule has 1 rings (SSSR count). The molecule has 18 heavy (non-hydrogen) atoms. The van der Waals surface area contributed by atoms with Gasteiger partial charge >= 0.3 is 5.97 Å². The van der Waals surface area contributed by atoms with Gasteiger partial charge in [-0.3, -0.25) is 0 Å². The Morgan fingerprint density at radius 3 is 2.56 bits per heavy atom. The van der Waals surface area contributed by atoms with E-state index in [1.54, 1.807) is 19.1 Å². The summed E-state index contributed by atoms with van der Waals surface area (Å²) in [5.74, 6) is -0.973. The molecule has 0 saturated heterocycles. The molecule has 1 unspecified atom stereocenters. The van der Waals surface area contributed by atoms with Crippen LogP contribution >= 0.6 is 0 Å². The zero-order chi connectivity index (χ0) is 14.0. The van der Waals surface area contributed by atoms with Crippen LogP contribution in [0.2, 0.25) is 0 Å². The Balaban J connectivity index is 3.05. The number of rotatable bonds is 3. The van der Waals surface area contributed by atoms with Crippen LogP contribution < -0.4 is 0 Å². The van der Waals surface area contributed by atoms with E-state index >= 15 is 0 Å². The van der Waals surface area contributed by atoms with Gasteiger partial charge in [0.2, 0.25) is 0 Å². The molecule has 1 aliphatic rings. The molecule has 3 heteroatoms. The number of carboxylic acid groups (broad SMARTS) is 1. The Morgan fingerprint density at radius 2 is 2.06 bits per heavy atom. The lowest BCUT2D eigenvalue weighted by Gasteiger charge is -2.44. The van der Waals surface area contributed by atoms with E-state index in [0.29, 0.717) is 5.57 Å². The number of allylic oxidation sites excluding steroid dienone is 3. The van der Waals surface area contributed by atoms with Crippen molar-refractivity contribution < 1.29 is 15.0 Å². The number of aliphatic hydroxyl groups is 1. The van der Waals surface area contributed by atoms with Crippen LogP contribution in [0.1, 0.15) is 40.5 Å². The Kier molecular flexibility index (Phi) is 4.17. The van der Waals surface area contributed by atoms with Crippen LogP contribution in [0.15, 0.2) is 35.5 Å². The smallest absolute Gasteiger partial charge is 0.328 e. The molecule has 0 aliphatic heterocycles. The highest BCUT2D eigenvalue weighted by atomic mass is 16.4. The standard InChI is InChI=1S/C15H22O3/c1-11(10-13(16)17)7-9-15(18)12(2)6-5-8-14(15,3)4/h6-7,9-10,18H,5,8H2,1-4H3,(H,16,17)/b9-7?,11-10+. The lowest BCUT2D eigenvalue weighted by atomic mass is 9.65. The molecule has 0 bridgehead atoms. The summed E-state index contributed by atoms with van der Waals surface area (Å²) < 4.78 is 0. The largest absolute Gasteiger partial charge is 0.478 e. The average Bonchev–Trinajstić information content (AvgIpc) is 2.22. The number of carboxylic acids is 1. The van der Waals surface area contributed by atoms with E-state index in [-0.39, 0.29) is 5.41 Å². The fourth-order valence-corrected chi connectivity index (χ4v) is 2.38. The first-order valence-electron chi connectivity index (χ1n) is 6.19. The summed E-state index contributed by atoms with van der Waals surface area (Å²) in [6.07, 6.45) is 8.46. The van der Waals surface area contributed by atoms with Crippen LogP contribution in [0, 0.1) is 5.41 Å². The minimum atomic E-state index is -1.00. The molecule has 0 amide bonds. The highest BCUT2D eigenvalue weighted by Gasteiger charge is 2.44. The third-order valence-corrected chi connectivity index (χ3v) is 3.79. The Bertz CT molecular complexity index is 427. The summed E-state index contributed by atoms with van der Waals surface area (Å²) in [4.78, 5) is 10.5. The van der Waals surface area contributed by atoms with Gasteiger partial charge in [-0.25, -0.2) is 4.79 Å². The normalized spacial score (nSPS) is 28.3. The first kappa shape index (κ1) is 14.7. The van der Waals surface area contributed by atoms with Gasteiger partial charge in [0.15, 0.2) is 0 Å². The van der Waals surface area contributed by atoms with E-state index in [1.165, 1.54) is 0 Å². The van der Waals surface area contributed by atoms with Gasteiger partial charge in [0.25, 0.3) is 0 Å². The SMILES string of the molecule is CC1=CCCC(C)(C)C1(O)C=C/C(C)=C/C(=O)O. The van der Waals surface area contributed by atoms with Crippen molar-refractivity contribution in [1.82, 2.24) is 0 Å². The highest BCUT2D eigenvalue weighted by molar-refractivity contribution is 5.81. The summed E-state index contributed by atoms with van der Waals surface area (Å²) >= 11 is 0. The molecule has 0 heterocycles. The van der Waals surface area contributed by atoms with Crippen molar-refractivity contribution in [1.29, 1.82) is 0 Å². The Hall–Kier alpha value is -1.35. The number of hydrogen-bond acceptors (Lipinski definition) is 2. The van der Waals surface area contributed by atoms with E-state index in [2.05, 4.69) is 0 Å². The molecule has 1 aliphatic carbocycles. The topological polar surface area (TPSA) is 57.5 Å². The molecule has 0 fully saturated rings. The molecule has 100 valence electrons. The van der Waals surface area contributed by atoms with Crippen molar-refractivity contribution in [3.63, 3.8) is 0 Å². The van der Waals surface area contributed by atoms with Crippen LogP contribution in [0.3, 0.4) is 0 Å². The number of aliphatic carboxylic acids is 1. The van der Waals surface area contributed by atoms with E-state index in [4.69, 9.17) is 5.11 Å². The molecule has 3 nitrogen and oxygen atoms in total. The van der Waals surface area contributed by atoms with Crippen molar-refractivity contribution in [2.45, 2.75) is 46.1 Å². The zero-order valence-corrected chi connectivity index (χ0v) is 11.5. The first-order valence-corrected chi connectivity index (χ1v) is 6.19. The maximum absolute atomic E-state index is 10.8. The number of hydrogen-bond donors (Lipinski definition) is 2. The summed E-state index contributed by atoms with van der Waals surface area (Å²) in [5, 5.41) is 19.5. The summed E-state index contributed by atoms with van der Waals surface area (Å²) in [7, 11) is 0. The Morgan fingerprint density at radius 1 is 1.44 bits per heavy atom. The van der Waals surface area contributed by atoms with Gasteiger partial charge < -0.3 is 10.2 Å². The maximum atomic E-state index is 10.8. The monoisotopic (exact) mass is 250 g/mol. The average molecular weight is 250 g/mol. The molecule has 1 atom stereocenters. The van der Waals surface area contributed by atoms with Crippen molar-refractivity contribution >= 4 is 5.97 Å². The molecular formula is C15H22O3. The second-order valence-corrected chi connectivity index (χ2v) is 5.64. The van der Waals surface area contributed by atoms with E-state index in [1.807, 2.05) is 26.8 Å². The maximum Gasteiger partial charge on any atom is 0.328 e. The fraction of sp³-hybridized carbons (Fsp3) is 0.533. The summed E-state index contributed by atoms with van der Waals surface area (Å²) in [6, 6.07) is 0. The van der Waals surface area contributed by atoms with E-state index < -0.39 is 11.6 Å². The molecule has 2 N–H and O–H groups in total. The zero-order valence-electron chi connectivity index (χ0n) is 11.5. The van der Waals surface area contributed by atoms with Gasteiger partial charge in [-0.1, -0.05) is 26.0 Å². The second-order valence-electron chi connectivity index (χ2n) is 5.64. The summed E-state index contributed by atoms with van der Waals surface area (Å²) in [6.45, 7) is 7.69. The van der Waals surface area contributed by atoms with Crippen molar-refractivity contribution in [3.8, 4) is 0 Å². The van der Waals surface area contributed by atoms with Crippen LogP contribution in [0.25, 0.3) is 0 Å². The lowest BCUT2D eigenvalue weighted by Crippen LogP contribution is -2.45. The van der Waals surface area contributed by atoms with Gasteiger partial charge in [-0.15, -0.1) is 0 Å².